The normalized spacial score (nSPS) is 20.2. The summed E-state index contributed by atoms with van der Waals surface area (Å²) in [5, 5.41) is 11.9. The van der Waals surface area contributed by atoms with Crippen molar-refractivity contribution >= 4 is 17.8 Å². The molecule has 2 rings (SSSR count). The van der Waals surface area contributed by atoms with E-state index in [4.69, 9.17) is 9.52 Å². The third-order valence-electron chi connectivity index (χ3n) is 4.71. The lowest BCUT2D eigenvalue weighted by Gasteiger charge is -2.34. The lowest BCUT2D eigenvalue weighted by Crippen LogP contribution is -2.53. The van der Waals surface area contributed by atoms with Crippen LogP contribution in [0.2, 0.25) is 0 Å². The summed E-state index contributed by atoms with van der Waals surface area (Å²) in [6.07, 6.45) is 1.51. The van der Waals surface area contributed by atoms with Crippen molar-refractivity contribution in [3.8, 4) is 0 Å². The Morgan fingerprint density at radius 1 is 1.50 bits per heavy atom. The lowest BCUT2D eigenvalue weighted by molar-refractivity contribution is -0.140. The molecule has 0 bridgehead atoms. The molecule has 2 atom stereocenters. The van der Waals surface area contributed by atoms with Crippen LogP contribution in [0.5, 0.6) is 0 Å². The molecule has 1 saturated heterocycles. The Labute approximate surface area is 141 Å². The molecule has 0 aliphatic carbocycles. The van der Waals surface area contributed by atoms with Crippen LogP contribution >= 0.6 is 0 Å². The van der Waals surface area contributed by atoms with E-state index in [2.05, 4.69) is 5.32 Å². The van der Waals surface area contributed by atoms with Crippen molar-refractivity contribution in [1.82, 2.24) is 10.2 Å². The van der Waals surface area contributed by atoms with Gasteiger partial charge >= 0.3 is 5.97 Å². The maximum atomic E-state index is 12.5. The molecule has 1 fully saturated rings. The van der Waals surface area contributed by atoms with E-state index >= 15 is 0 Å². The van der Waals surface area contributed by atoms with Crippen LogP contribution in [0, 0.1) is 11.8 Å². The molecule has 2 heterocycles. The highest BCUT2D eigenvalue weighted by Gasteiger charge is 2.39. The van der Waals surface area contributed by atoms with Crippen molar-refractivity contribution < 1.29 is 23.9 Å². The van der Waals surface area contributed by atoms with Crippen LogP contribution in [0.4, 0.5) is 0 Å². The van der Waals surface area contributed by atoms with Gasteiger partial charge in [-0.15, -0.1) is 0 Å². The lowest BCUT2D eigenvalue weighted by atomic mass is 9.84. The van der Waals surface area contributed by atoms with Gasteiger partial charge in [-0.2, -0.15) is 0 Å². The number of carboxylic acids is 1. The predicted octanol–water partition coefficient (Wildman–Crippen LogP) is 1.63. The molecule has 2 amide bonds. The van der Waals surface area contributed by atoms with E-state index in [0.717, 1.165) is 0 Å². The van der Waals surface area contributed by atoms with E-state index in [9.17, 15) is 14.4 Å². The molecular weight excluding hydrogens is 312 g/mol. The standard InChI is InChI=1S/C17H24N2O5/c1-11(2)17(3,8-15(21)22)18-16(23)12-7-14(20)19(9-12)10-13-5-4-6-24-13/h4-6,11-12H,7-10H2,1-3H3,(H,18,23)(H,21,22). The van der Waals surface area contributed by atoms with Crippen LogP contribution in [0.15, 0.2) is 22.8 Å². The number of furan rings is 1. The van der Waals surface area contributed by atoms with Gasteiger partial charge < -0.3 is 19.7 Å². The molecular formula is C17H24N2O5. The fraction of sp³-hybridized carbons (Fsp3) is 0.588. The van der Waals surface area contributed by atoms with E-state index in [-0.39, 0.29) is 30.6 Å². The second-order valence-electron chi connectivity index (χ2n) is 6.89. The van der Waals surface area contributed by atoms with Crippen LogP contribution in [0.25, 0.3) is 0 Å². The van der Waals surface area contributed by atoms with Crippen LogP contribution in [-0.2, 0) is 20.9 Å². The first-order valence-electron chi connectivity index (χ1n) is 8.05. The number of amides is 2. The van der Waals surface area contributed by atoms with Crippen molar-refractivity contribution in [3.63, 3.8) is 0 Å². The van der Waals surface area contributed by atoms with E-state index < -0.39 is 17.4 Å². The van der Waals surface area contributed by atoms with Gasteiger partial charge in [0.05, 0.1) is 25.1 Å². The highest BCUT2D eigenvalue weighted by atomic mass is 16.4. The number of nitrogens with zero attached hydrogens (tertiary/aromatic N) is 1. The zero-order chi connectivity index (χ0) is 17.9. The fourth-order valence-corrected chi connectivity index (χ4v) is 2.78. The Hall–Kier alpha value is -2.31. The number of aliphatic carboxylic acids is 1. The third kappa shape index (κ3) is 4.15. The molecule has 1 aliphatic rings. The first-order chi connectivity index (χ1) is 11.2. The molecule has 1 aromatic rings. The molecule has 7 nitrogen and oxygen atoms in total. The van der Waals surface area contributed by atoms with Crippen molar-refractivity contribution in [2.75, 3.05) is 6.54 Å². The van der Waals surface area contributed by atoms with Crippen LogP contribution in [0.3, 0.4) is 0 Å². The topological polar surface area (TPSA) is 99.8 Å². The highest BCUT2D eigenvalue weighted by Crippen LogP contribution is 2.25. The molecule has 2 N–H and O–H groups in total. The van der Waals surface area contributed by atoms with Crippen molar-refractivity contribution in [3.05, 3.63) is 24.2 Å². The van der Waals surface area contributed by atoms with Gasteiger partial charge in [-0.05, 0) is 25.0 Å². The summed E-state index contributed by atoms with van der Waals surface area (Å²) in [7, 11) is 0. The number of likely N-dealkylation sites (tertiary alicyclic amines) is 1. The predicted molar refractivity (Wildman–Crippen MR) is 85.9 cm³/mol. The highest BCUT2D eigenvalue weighted by molar-refractivity contribution is 5.89. The van der Waals surface area contributed by atoms with Crippen molar-refractivity contribution in [1.29, 1.82) is 0 Å². The monoisotopic (exact) mass is 336 g/mol. The van der Waals surface area contributed by atoms with Crippen LogP contribution in [-0.4, -0.2) is 39.9 Å². The van der Waals surface area contributed by atoms with Gasteiger partial charge in [0.2, 0.25) is 11.8 Å². The first kappa shape index (κ1) is 18.0. The SMILES string of the molecule is CC(C)C(C)(CC(=O)O)NC(=O)C1CC(=O)N(Cc2ccco2)C1. The Balaban J connectivity index is 1.99. The summed E-state index contributed by atoms with van der Waals surface area (Å²) in [5.74, 6) is -1.19. The molecule has 132 valence electrons. The van der Waals surface area contributed by atoms with Crippen LogP contribution < -0.4 is 5.32 Å². The Kier molecular flexibility index (Phi) is 5.31. The van der Waals surface area contributed by atoms with E-state index in [1.807, 2.05) is 13.8 Å². The molecule has 0 radical (unpaired) electrons. The fourth-order valence-electron chi connectivity index (χ4n) is 2.78. The molecule has 2 unspecified atom stereocenters. The quantitative estimate of drug-likeness (QED) is 0.788. The van der Waals surface area contributed by atoms with E-state index in [0.29, 0.717) is 18.8 Å². The summed E-state index contributed by atoms with van der Waals surface area (Å²) in [6.45, 7) is 6.11. The second-order valence-corrected chi connectivity index (χ2v) is 6.89. The van der Waals surface area contributed by atoms with Crippen LogP contribution in [0.1, 0.15) is 39.4 Å². The number of carbonyl (C=O) groups is 3. The average molecular weight is 336 g/mol. The summed E-state index contributed by atoms with van der Waals surface area (Å²) < 4.78 is 5.24. The Morgan fingerprint density at radius 2 is 2.21 bits per heavy atom. The number of carbonyl (C=O) groups excluding carboxylic acids is 2. The van der Waals surface area contributed by atoms with Gasteiger partial charge in [0.15, 0.2) is 0 Å². The molecule has 24 heavy (non-hydrogen) atoms. The molecule has 0 aromatic carbocycles. The van der Waals surface area contributed by atoms with Crippen molar-refractivity contribution in [2.45, 2.75) is 45.7 Å². The second kappa shape index (κ2) is 7.07. The minimum Gasteiger partial charge on any atom is -0.481 e. The van der Waals surface area contributed by atoms with Crippen molar-refractivity contribution in [2.24, 2.45) is 11.8 Å². The summed E-state index contributed by atoms with van der Waals surface area (Å²) >= 11 is 0. The Bertz CT molecular complexity index is 611. The average Bonchev–Trinajstić information content (AvgIpc) is 3.09. The van der Waals surface area contributed by atoms with Gasteiger partial charge in [-0.3, -0.25) is 14.4 Å². The molecule has 1 aromatic heterocycles. The summed E-state index contributed by atoms with van der Waals surface area (Å²) in [5.41, 5.74) is -0.847. The number of nitrogens with one attached hydrogen (secondary N) is 1. The molecule has 0 spiro atoms. The summed E-state index contributed by atoms with van der Waals surface area (Å²) in [6, 6.07) is 3.53. The number of hydrogen-bond donors (Lipinski definition) is 2. The van der Waals surface area contributed by atoms with E-state index in [1.165, 1.54) is 0 Å². The molecule has 0 saturated carbocycles. The Morgan fingerprint density at radius 3 is 2.75 bits per heavy atom. The third-order valence-corrected chi connectivity index (χ3v) is 4.71. The maximum absolute atomic E-state index is 12.5. The summed E-state index contributed by atoms with van der Waals surface area (Å²) in [4.78, 5) is 37.3. The van der Waals surface area contributed by atoms with E-state index in [1.54, 1.807) is 30.2 Å². The number of carboxylic acid groups (broad SMARTS) is 1. The zero-order valence-electron chi connectivity index (χ0n) is 14.2. The zero-order valence-corrected chi connectivity index (χ0v) is 14.2. The minimum atomic E-state index is -0.964. The molecule has 7 heteroatoms. The smallest absolute Gasteiger partial charge is 0.305 e. The van der Waals surface area contributed by atoms with Gasteiger partial charge in [0.1, 0.15) is 5.76 Å². The van der Waals surface area contributed by atoms with Gasteiger partial charge in [0, 0.05) is 18.5 Å². The van der Waals surface area contributed by atoms with Gasteiger partial charge in [-0.25, -0.2) is 0 Å². The van der Waals surface area contributed by atoms with Gasteiger partial charge in [0.25, 0.3) is 0 Å². The molecule has 1 aliphatic heterocycles. The first-order valence-corrected chi connectivity index (χ1v) is 8.05. The number of rotatable bonds is 7. The number of hydrogen-bond acceptors (Lipinski definition) is 4. The van der Waals surface area contributed by atoms with Gasteiger partial charge in [-0.1, -0.05) is 13.8 Å². The largest absolute Gasteiger partial charge is 0.481 e. The maximum Gasteiger partial charge on any atom is 0.305 e. The minimum absolute atomic E-state index is 0.0473.